The molecule has 0 aromatic carbocycles. The summed E-state index contributed by atoms with van der Waals surface area (Å²) >= 11 is 0. The van der Waals surface area contributed by atoms with Gasteiger partial charge in [0.25, 0.3) is 5.56 Å². The van der Waals surface area contributed by atoms with Crippen LogP contribution in [0.1, 0.15) is 0 Å². The highest BCUT2D eigenvalue weighted by Crippen LogP contribution is 1.86. The fourth-order valence-corrected chi connectivity index (χ4v) is 0.772. The minimum Gasteiger partial charge on any atom is -0.268 e. The van der Waals surface area contributed by atoms with Crippen LogP contribution in [0.3, 0.4) is 0 Å². The van der Waals surface area contributed by atoms with E-state index in [0.717, 1.165) is 0 Å². The highest BCUT2D eigenvalue weighted by molar-refractivity contribution is 5.32. The lowest BCUT2D eigenvalue weighted by atomic mass is 10.7. The van der Waals surface area contributed by atoms with Crippen molar-refractivity contribution >= 4 is 5.65 Å². The van der Waals surface area contributed by atoms with E-state index in [9.17, 15) is 4.79 Å². The third-order valence-corrected chi connectivity index (χ3v) is 1.18. The second-order valence-corrected chi connectivity index (χ2v) is 1.86. The van der Waals surface area contributed by atoms with Crippen LogP contribution in [0.4, 0.5) is 0 Å². The van der Waals surface area contributed by atoms with Gasteiger partial charge in [0.15, 0.2) is 5.65 Å². The number of fused-ring (bicyclic) bond motifs is 1. The van der Waals surface area contributed by atoms with Crippen molar-refractivity contribution in [2.75, 3.05) is 0 Å². The maximum atomic E-state index is 10.6. The minimum atomic E-state index is -0.166. The molecule has 0 saturated carbocycles. The van der Waals surface area contributed by atoms with E-state index in [-0.39, 0.29) is 5.56 Å². The number of hydrogen-bond donors (Lipinski definition) is 1. The molecular weight excluding hydrogens is 132 g/mol. The van der Waals surface area contributed by atoms with E-state index in [0.29, 0.717) is 5.65 Å². The molecule has 0 aliphatic carbocycles. The molecule has 0 amide bonds. The van der Waals surface area contributed by atoms with Crippen LogP contribution >= 0.6 is 0 Å². The number of hydrogen-bond acceptors (Lipinski definition) is 3. The minimum absolute atomic E-state index is 0.166. The molecule has 5 heteroatoms. The van der Waals surface area contributed by atoms with Gasteiger partial charge in [-0.3, -0.25) is 9.89 Å². The number of rotatable bonds is 0. The van der Waals surface area contributed by atoms with Crippen molar-refractivity contribution in [2.45, 2.75) is 0 Å². The van der Waals surface area contributed by atoms with Crippen molar-refractivity contribution in [1.29, 1.82) is 0 Å². The predicted molar refractivity (Wildman–Crippen MR) is 33.6 cm³/mol. The Morgan fingerprint density at radius 1 is 1.60 bits per heavy atom. The van der Waals surface area contributed by atoms with Crippen LogP contribution in [0.5, 0.6) is 0 Å². The largest absolute Gasteiger partial charge is 0.268 e. The van der Waals surface area contributed by atoms with E-state index in [2.05, 4.69) is 15.1 Å². The van der Waals surface area contributed by atoms with E-state index < -0.39 is 0 Å². The molecule has 0 atom stereocenters. The highest BCUT2D eigenvalue weighted by Gasteiger charge is 1.92. The molecule has 0 bridgehead atoms. The van der Waals surface area contributed by atoms with E-state index in [1.807, 2.05) is 0 Å². The zero-order valence-electron chi connectivity index (χ0n) is 4.98. The van der Waals surface area contributed by atoms with Gasteiger partial charge < -0.3 is 0 Å². The average molecular weight is 136 g/mol. The third kappa shape index (κ3) is 0.604. The lowest BCUT2D eigenvalue weighted by molar-refractivity contribution is 0.877. The number of nitrogens with one attached hydrogen (secondary N) is 1. The van der Waals surface area contributed by atoms with Crippen LogP contribution in [0.15, 0.2) is 23.5 Å². The Hall–Kier alpha value is -1.65. The Bertz CT molecular complexity index is 365. The topological polar surface area (TPSA) is 63.1 Å². The summed E-state index contributed by atoms with van der Waals surface area (Å²) in [6.07, 6.45) is 2.88. The van der Waals surface area contributed by atoms with Gasteiger partial charge in [0.2, 0.25) is 0 Å². The molecule has 0 spiro atoms. The van der Waals surface area contributed by atoms with Crippen molar-refractivity contribution in [3.05, 3.63) is 29.1 Å². The van der Waals surface area contributed by atoms with Gasteiger partial charge >= 0.3 is 0 Å². The van der Waals surface area contributed by atoms with Gasteiger partial charge in [0.05, 0.1) is 0 Å². The van der Waals surface area contributed by atoms with Gasteiger partial charge in [0, 0.05) is 6.07 Å². The lowest BCUT2D eigenvalue weighted by Crippen LogP contribution is -1.98. The second-order valence-electron chi connectivity index (χ2n) is 1.86. The molecule has 0 aliphatic heterocycles. The monoisotopic (exact) mass is 136 g/mol. The van der Waals surface area contributed by atoms with Crippen LogP contribution in [-0.4, -0.2) is 19.6 Å². The lowest BCUT2D eigenvalue weighted by Gasteiger charge is -1.86. The van der Waals surface area contributed by atoms with Crippen LogP contribution in [0, 0.1) is 0 Å². The molecule has 50 valence electrons. The summed E-state index contributed by atoms with van der Waals surface area (Å²) in [4.78, 5) is 18.2. The first-order valence-corrected chi connectivity index (χ1v) is 2.74. The summed E-state index contributed by atoms with van der Waals surface area (Å²) < 4.78 is 1.46. The molecule has 2 aromatic rings. The summed E-state index contributed by atoms with van der Waals surface area (Å²) in [6.45, 7) is 0. The summed E-state index contributed by atoms with van der Waals surface area (Å²) in [5.41, 5.74) is 0.417. The molecule has 0 saturated heterocycles. The van der Waals surface area contributed by atoms with Crippen LogP contribution < -0.4 is 5.56 Å². The van der Waals surface area contributed by atoms with E-state index in [1.165, 1.54) is 23.2 Å². The molecule has 0 unspecified atom stereocenters. The Balaban J connectivity index is 3.01. The molecule has 2 rings (SSSR count). The van der Waals surface area contributed by atoms with E-state index >= 15 is 0 Å². The van der Waals surface area contributed by atoms with E-state index in [4.69, 9.17) is 0 Å². The van der Waals surface area contributed by atoms with Gasteiger partial charge in [-0.05, 0) is 0 Å². The van der Waals surface area contributed by atoms with Gasteiger partial charge in [-0.1, -0.05) is 0 Å². The first kappa shape index (κ1) is 5.16. The van der Waals surface area contributed by atoms with Crippen LogP contribution in [-0.2, 0) is 0 Å². The number of H-pyrrole nitrogens is 1. The van der Waals surface area contributed by atoms with Gasteiger partial charge in [-0.15, -0.1) is 0 Å². The normalized spacial score (nSPS) is 10.4. The maximum absolute atomic E-state index is 10.6. The number of aromatic nitrogens is 4. The first-order valence-electron chi connectivity index (χ1n) is 2.74. The predicted octanol–water partition coefficient (Wildman–Crippen LogP) is -0.582. The van der Waals surface area contributed by atoms with Crippen molar-refractivity contribution in [2.24, 2.45) is 0 Å². The standard InChI is InChI=1S/C5H4N4O/c10-5-1-4-7-2-6-3-9(4)8-5/h1-3H,(H,8,10). The van der Waals surface area contributed by atoms with Crippen molar-refractivity contribution in [3.63, 3.8) is 0 Å². The number of nitrogens with zero attached hydrogens (tertiary/aromatic N) is 3. The molecule has 0 fully saturated rings. The average Bonchev–Trinajstić information content (AvgIpc) is 2.27. The molecule has 2 heterocycles. The summed E-state index contributed by atoms with van der Waals surface area (Å²) in [6, 6.07) is 1.40. The summed E-state index contributed by atoms with van der Waals surface area (Å²) in [7, 11) is 0. The fourth-order valence-electron chi connectivity index (χ4n) is 0.772. The quantitative estimate of drug-likeness (QED) is 0.526. The molecule has 5 nitrogen and oxygen atoms in total. The Morgan fingerprint density at radius 3 is 3.30 bits per heavy atom. The molecule has 10 heavy (non-hydrogen) atoms. The number of aromatic amines is 1. The van der Waals surface area contributed by atoms with Crippen LogP contribution in [0.25, 0.3) is 5.65 Å². The summed E-state index contributed by atoms with van der Waals surface area (Å²) in [5, 5.41) is 2.49. The smallest absolute Gasteiger partial charge is 0.266 e. The van der Waals surface area contributed by atoms with E-state index in [1.54, 1.807) is 0 Å². The first-order chi connectivity index (χ1) is 4.86. The Labute approximate surface area is 55.3 Å². The van der Waals surface area contributed by atoms with Crippen molar-refractivity contribution < 1.29 is 0 Å². The SMILES string of the molecule is O=c1cc2ncncn2[nH]1. The van der Waals surface area contributed by atoms with Gasteiger partial charge in [-0.25, -0.2) is 14.5 Å². The molecule has 1 N–H and O–H groups in total. The fraction of sp³-hybridized carbons (Fsp3) is 0. The molecule has 2 aromatic heterocycles. The Morgan fingerprint density at radius 2 is 2.50 bits per heavy atom. The maximum Gasteiger partial charge on any atom is 0.266 e. The van der Waals surface area contributed by atoms with Gasteiger partial charge in [-0.2, -0.15) is 0 Å². The van der Waals surface area contributed by atoms with Crippen molar-refractivity contribution in [3.8, 4) is 0 Å². The summed E-state index contributed by atoms with van der Waals surface area (Å²) in [5.74, 6) is 0. The molecule has 0 aliphatic rings. The van der Waals surface area contributed by atoms with Crippen LogP contribution in [0.2, 0.25) is 0 Å². The molecule has 0 radical (unpaired) electrons. The Kier molecular flexibility index (Phi) is 0.858. The van der Waals surface area contributed by atoms with Gasteiger partial charge in [0.1, 0.15) is 12.7 Å². The highest BCUT2D eigenvalue weighted by atomic mass is 16.1. The molecular formula is C5H4N4O. The second kappa shape index (κ2) is 1.66. The third-order valence-electron chi connectivity index (χ3n) is 1.18. The van der Waals surface area contributed by atoms with Crippen molar-refractivity contribution in [1.82, 2.24) is 19.6 Å². The zero-order chi connectivity index (χ0) is 6.97. The zero-order valence-corrected chi connectivity index (χ0v) is 4.98.